The number of nitrogens with one attached hydrogen (secondary N) is 3. The summed E-state index contributed by atoms with van der Waals surface area (Å²) in [5.74, 6) is -0.170. The Hall–Kier alpha value is -3.31. The van der Waals surface area contributed by atoms with Gasteiger partial charge in [0, 0.05) is 28.5 Å². The van der Waals surface area contributed by atoms with Crippen LogP contribution in [0.2, 0.25) is 5.02 Å². The van der Waals surface area contributed by atoms with Gasteiger partial charge in [-0.2, -0.15) is 0 Å². The largest absolute Gasteiger partial charge is 0.348 e. The van der Waals surface area contributed by atoms with Gasteiger partial charge in [-0.05, 0) is 54.1 Å². The third kappa shape index (κ3) is 5.59. The van der Waals surface area contributed by atoms with Gasteiger partial charge in [-0.25, -0.2) is 4.79 Å². The first-order valence-corrected chi connectivity index (χ1v) is 8.74. The summed E-state index contributed by atoms with van der Waals surface area (Å²) in [4.78, 5) is 24.2. The van der Waals surface area contributed by atoms with Gasteiger partial charge in [-0.15, -0.1) is 0 Å². The molecule has 0 radical (unpaired) electrons. The summed E-state index contributed by atoms with van der Waals surface area (Å²) in [5, 5.41) is 8.88. The van der Waals surface area contributed by atoms with Crippen molar-refractivity contribution in [2.75, 3.05) is 10.6 Å². The van der Waals surface area contributed by atoms with Crippen molar-refractivity contribution in [2.24, 2.45) is 0 Å². The minimum Gasteiger partial charge on any atom is -0.348 e. The molecule has 3 aromatic carbocycles. The number of amides is 3. The maximum atomic E-state index is 12.2. The molecule has 5 nitrogen and oxygen atoms in total. The fourth-order valence-corrected chi connectivity index (χ4v) is 2.54. The monoisotopic (exact) mass is 379 g/mol. The molecule has 0 unspecified atom stereocenters. The van der Waals surface area contributed by atoms with Crippen LogP contribution in [0, 0.1) is 0 Å². The summed E-state index contributed by atoms with van der Waals surface area (Å²) < 4.78 is 0. The molecule has 0 atom stereocenters. The Kier molecular flexibility index (Phi) is 6.07. The van der Waals surface area contributed by atoms with Crippen LogP contribution < -0.4 is 16.0 Å². The molecule has 0 saturated carbocycles. The predicted octanol–water partition coefficient (Wildman–Crippen LogP) is 4.91. The van der Waals surface area contributed by atoms with Crippen LogP contribution in [0.25, 0.3) is 0 Å². The van der Waals surface area contributed by atoms with Gasteiger partial charge < -0.3 is 16.0 Å². The average molecular weight is 380 g/mol. The topological polar surface area (TPSA) is 70.2 Å². The Morgan fingerprint density at radius 3 is 1.89 bits per heavy atom. The number of carbonyl (C=O) groups excluding carboxylic acids is 2. The molecule has 0 aromatic heterocycles. The number of benzene rings is 3. The molecular formula is C21H18ClN3O2. The molecule has 3 N–H and O–H groups in total. The fourth-order valence-electron chi connectivity index (χ4n) is 2.41. The van der Waals surface area contributed by atoms with E-state index in [1.54, 1.807) is 48.5 Å². The van der Waals surface area contributed by atoms with Gasteiger partial charge in [0.1, 0.15) is 0 Å². The Morgan fingerprint density at radius 1 is 0.741 bits per heavy atom. The maximum Gasteiger partial charge on any atom is 0.323 e. The molecule has 0 bridgehead atoms. The van der Waals surface area contributed by atoms with Crippen LogP contribution in [0.3, 0.4) is 0 Å². The highest BCUT2D eigenvalue weighted by atomic mass is 35.5. The summed E-state index contributed by atoms with van der Waals surface area (Å²) in [6.45, 7) is 0.461. The van der Waals surface area contributed by atoms with Crippen molar-refractivity contribution in [2.45, 2.75) is 6.54 Å². The number of hydrogen-bond donors (Lipinski definition) is 3. The first kappa shape index (κ1) is 18.5. The quantitative estimate of drug-likeness (QED) is 0.589. The van der Waals surface area contributed by atoms with Crippen molar-refractivity contribution in [3.63, 3.8) is 0 Å². The van der Waals surface area contributed by atoms with E-state index in [0.717, 1.165) is 5.56 Å². The van der Waals surface area contributed by atoms with E-state index in [1.807, 2.05) is 30.3 Å². The molecule has 0 aliphatic rings. The molecule has 136 valence electrons. The average Bonchev–Trinajstić information content (AvgIpc) is 2.69. The molecule has 0 saturated heterocycles. The van der Waals surface area contributed by atoms with Crippen molar-refractivity contribution in [3.8, 4) is 0 Å². The highest BCUT2D eigenvalue weighted by Gasteiger charge is 2.07. The zero-order valence-corrected chi connectivity index (χ0v) is 15.2. The highest BCUT2D eigenvalue weighted by molar-refractivity contribution is 6.30. The molecule has 3 amide bonds. The van der Waals surface area contributed by atoms with E-state index in [2.05, 4.69) is 16.0 Å². The molecule has 0 aliphatic heterocycles. The lowest BCUT2D eigenvalue weighted by Crippen LogP contribution is -2.23. The van der Waals surface area contributed by atoms with E-state index in [1.165, 1.54) is 0 Å². The smallest absolute Gasteiger partial charge is 0.323 e. The van der Waals surface area contributed by atoms with E-state index < -0.39 is 0 Å². The number of carbonyl (C=O) groups is 2. The first-order valence-electron chi connectivity index (χ1n) is 8.36. The van der Waals surface area contributed by atoms with E-state index in [9.17, 15) is 9.59 Å². The number of halogens is 1. The second kappa shape index (κ2) is 8.87. The molecule has 3 rings (SSSR count). The van der Waals surface area contributed by atoms with Crippen LogP contribution in [-0.2, 0) is 6.54 Å². The van der Waals surface area contributed by atoms with Gasteiger partial charge in [-0.3, -0.25) is 4.79 Å². The van der Waals surface area contributed by atoms with E-state index in [4.69, 9.17) is 11.6 Å². The standard InChI is InChI=1S/C21H18ClN3O2/c22-17-8-12-19(13-9-17)25-21(27)24-18-10-6-16(7-11-18)20(26)23-14-15-4-2-1-3-5-15/h1-13H,14H2,(H,23,26)(H2,24,25,27). The van der Waals surface area contributed by atoms with Gasteiger partial charge >= 0.3 is 6.03 Å². The second-order valence-electron chi connectivity index (χ2n) is 5.83. The summed E-state index contributed by atoms with van der Waals surface area (Å²) in [6, 6.07) is 22.8. The molecule has 0 spiro atoms. The van der Waals surface area contributed by atoms with Crippen molar-refractivity contribution in [3.05, 3.63) is 95.0 Å². The molecule has 3 aromatic rings. The van der Waals surface area contributed by atoms with Crippen LogP contribution in [0.5, 0.6) is 0 Å². The molecule has 0 heterocycles. The van der Waals surface area contributed by atoms with Crippen molar-refractivity contribution in [1.29, 1.82) is 0 Å². The van der Waals surface area contributed by atoms with Gasteiger partial charge in [0.15, 0.2) is 0 Å². The molecular weight excluding hydrogens is 362 g/mol. The third-order valence-electron chi connectivity index (χ3n) is 3.80. The Morgan fingerprint density at radius 2 is 1.30 bits per heavy atom. The second-order valence-corrected chi connectivity index (χ2v) is 6.27. The van der Waals surface area contributed by atoms with Crippen molar-refractivity contribution >= 4 is 34.9 Å². The minimum atomic E-state index is -0.376. The molecule has 27 heavy (non-hydrogen) atoms. The molecule has 0 fully saturated rings. The van der Waals surface area contributed by atoms with Crippen LogP contribution in [0.15, 0.2) is 78.9 Å². The van der Waals surface area contributed by atoms with Gasteiger partial charge in [-0.1, -0.05) is 41.9 Å². The number of anilines is 2. The zero-order valence-electron chi connectivity index (χ0n) is 14.4. The third-order valence-corrected chi connectivity index (χ3v) is 4.05. The van der Waals surface area contributed by atoms with Crippen LogP contribution in [0.1, 0.15) is 15.9 Å². The van der Waals surface area contributed by atoms with Crippen molar-refractivity contribution in [1.82, 2.24) is 5.32 Å². The normalized spacial score (nSPS) is 10.1. The van der Waals surface area contributed by atoms with Gasteiger partial charge in [0.25, 0.3) is 5.91 Å². The zero-order chi connectivity index (χ0) is 19.1. The number of hydrogen-bond acceptors (Lipinski definition) is 2. The van der Waals surface area contributed by atoms with E-state index in [0.29, 0.717) is 28.5 Å². The van der Waals surface area contributed by atoms with Crippen LogP contribution in [0.4, 0.5) is 16.2 Å². The summed E-state index contributed by atoms with van der Waals surface area (Å²) in [7, 11) is 0. The summed E-state index contributed by atoms with van der Waals surface area (Å²) in [6.07, 6.45) is 0. The van der Waals surface area contributed by atoms with Crippen LogP contribution >= 0.6 is 11.6 Å². The van der Waals surface area contributed by atoms with E-state index >= 15 is 0 Å². The Balaban J connectivity index is 1.52. The first-order chi connectivity index (χ1) is 13.1. The lowest BCUT2D eigenvalue weighted by atomic mass is 10.2. The SMILES string of the molecule is O=C(Nc1ccc(Cl)cc1)Nc1ccc(C(=O)NCc2ccccc2)cc1. The molecule has 0 aliphatic carbocycles. The van der Waals surface area contributed by atoms with Gasteiger partial charge in [0.2, 0.25) is 0 Å². The predicted molar refractivity (Wildman–Crippen MR) is 108 cm³/mol. The van der Waals surface area contributed by atoms with Crippen LogP contribution in [-0.4, -0.2) is 11.9 Å². The van der Waals surface area contributed by atoms with Crippen molar-refractivity contribution < 1.29 is 9.59 Å². The summed E-state index contributed by atoms with van der Waals surface area (Å²) >= 11 is 5.81. The Bertz CT molecular complexity index is 910. The number of urea groups is 1. The minimum absolute atomic E-state index is 0.170. The molecule has 6 heteroatoms. The Labute approximate surface area is 162 Å². The maximum absolute atomic E-state index is 12.2. The fraction of sp³-hybridized carbons (Fsp3) is 0.0476. The summed E-state index contributed by atoms with van der Waals surface area (Å²) in [5.41, 5.74) is 2.77. The van der Waals surface area contributed by atoms with Gasteiger partial charge in [0.05, 0.1) is 0 Å². The lowest BCUT2D eigenvalue weighted by molar-refractivity contribution is 0.0951. The lowest BCUT2D eigenvalue weighted by Gasteiger charge is -2.09. The highest BCUT2D eigenvalue weighted by Crippen LogP contribution is 2.14. The van der Waals surface area contributed by atoms with E-state index in [-0.39, 0.29) is 11.9 Å². The number of rotatable bonds is 5.